The minimum Gasteiger partial charge on any atom is -0.496 e. The van der Waals surface area contributed by atoms with Crippen LogP contribution in [0.2, 0.25) is 0 Å². The van der Waals surface area contributed by atoms with E-state index < -0.39 is 11.2 Å². The predicted octanol–water partition coefficient (Wildman–Crippen LogP) is 0.225. The second kappa shape index (κ2) is 3.02. The van der Waals surface area contributed by atoms with Crippen LogP contribution in [0.4, 0.5) is 0 Å². The Labute approximate surface area is 78.4 Å². The van der Waals surface area contributed by atoms with Crippen LogP contribution in [0.25, 0.3) is 10.9 Å². The molecular weight excluding hydrogens is 184 g/mol. The number of H-pyrrole nitrogens is 2. The average molecular weight is 192 g/mol. The molecule has 0 aliphatic heterocycles. The molecule has 2 aromatic rings. The molecule has 1 heterocycles. The van der Waals surface area contributed by atoms with Gasteiger partial charge in [0, 0.05) is 0 Å². The number of methoxy groups -OCH3 is 1. The summed E-state index contributed by atoms with van der Waals surface area (Å²) in [6.07, 6.45) is 0. The minimum absolute atomic E-state index is 0.356. The highest BCUT2D eigenvalue weighted by Gasteiger charge is 2.05. The third-order valence-corrected chi connectivity index (χ3v) is 1.95. The van der Waals surface area contributed by atoms with E-state index in [-0.39, 0.29) is 0 Å². The van der Waals surface area contributed by atoms with Crippen molar-refractivity contribution in [2.75, 3.05) is 7.11 Å². The molecule has 0 bridgehead atoms. The monoisotopic (exact) mass is 192 g/mol. The number of benzene rings is 1. The first-order chi connectivity index (χ1) is 6.72. The summed E-state index contributed by atoms with van der Waals surface area (Å²) < 4.78 is 5.01. The maximum atomic E-state index is 11.4. The van der Waals surface area contributed by atoms with E-state index in [1.807, 2.05) is 0 Å². The van der Waals surface area contributed by atoms with Crippen LogP contribution in [0.3, 0.4) is 0 Å². The van der Waals surface area contributed by atoms with E-state index in [2.05, 4.69) is 9.97 Å². The zero-order valence-electron chi connectivity index (χ0n) is 7.46. The topological polar surface area (TPSA) is 75.0 Å². The molecule has 0 atom stereocenters. The van der Waals surface area contributed by atoms with E-state index in [1.54, 1.807) is 18.2 Å². The Morgan fingerprint density at radius 1 is 1.21 bits per heavy atom. The third-order valence-electron chi connectivity index (χ3n) is 1.95. The lowest BCUT2D eigenvalue weighted by Gasteiger charge is -2.02. The van der Waals surface area contributed by atoms with E-state index in [0.29, 0.717) is 16.7 Å². The molecule has 2 rings (SSSR count). The second-order valence-corrected chi connectivity index (χ2v) is 2.79. The summed E-state index contributed by atoms with van der Waals surface area (Å²) in [6.45, 7) is 0. The van der Waals surface area contributed by atoms with Gasteiger partial charge in [-0.15, -0.1) is 0 Å². The maximum absolute atomic E-state index is 11.4. The summed E-state index contributed by atoms with van der Waals surface area (Å²) in [4.78, 5) is 27.0. The summed E-state index contributed by atoms with van der Waals surface area (Å²) in [6, 6.07) is 5.01. The molecule has 2 N–H and O–H groups in total. The Morgan fingerprint density at radius 3 is 2.71 bits per heavy atom. The van der Waals surface area contributed by atoms with Crippen molar-refractivity contribution in [2.24, 2.45) is 0 Å². The molecule has 1 aromatic heterocycles. The largest absolute Gasteiger partial charge is 0.496 e. The Morgan fingerprint density at radius 2 is 2.00 bits per heavy atom. The van der Waals surface area contributed by atoms with Gasteiger partial charge in [0.2, 0.25) is 0 Å². The molecule has 0 spiro atoms. The lowest BCUT2D eigenvalue weighted by Crippen LogP contribution is -2.22. The van der Waals surface area contributed by atoms with Gasteiger partial charge in [0.15, 0.2) is 0 Å². The fraction of sp³-hybridized carbons (Fsp3) is 0.111. The number of aromatic nitrogens is 2. The SMILES string of the molecule is COc1cccc2[nH]c(=O)[nH]c(=O)c12. The van der Waals surface area contributed by atoms with Gasteiger partial charge >= 0.3 is 5.69 Å². The first-order valence-electron chi connectivity index (χ1n) is 4.01. The van der Waals surface area contributed by atoms with Gasteiger partial charge < -0.3 is 9.72 Å². The Hall–Kier alpha value is -2.04. The number of hydrogen-bond acceptors (Lipinski definition) is 3. The first kappa shape index (κ1) is 8.55. The van der Waals surface area contributed by atoms with E-state index in [4.69, 9.17) is 4.74 Å². The molecule has 5 heteroatoms. The molecule has 0 saturated heterocycles. The van der Waals surface area contributed by atoms with Gasteiger partial charge in [-0.1, -0.05) is 6.07 Å². The quantitative estimate of drug-likeness (QED) is 0.678. The van der Waals surface area contributed by atoms with Crippen LogP contribution < -0.4 is 16.0 Å². The molecule has 14 heavy (non-hydrogen) atoms. The molecule has 0 aliphatic rings. The third kappa shape index (κ3) is 1.19. The smallest absolute Gasteiger partial charge is 0.326 e. The molecule has 0 radical (unpaired) electrons. The van der Waals surface area contributed by atoms with Crippen molar-refractivity contribution in [3.8, 4) is 5.75 Å². The van der Waals surface area contributed by atoms with Gasteiger partial charge in [0.1, 0.15) is 11.1 Å². The maximum Gasteiger partial charge on any atom is 0.326 e. The molecular formula is C9H8N2O3. The van der Waals surface area contributed by atoms with Crippen molar-refractivity contribution < 1.29 is 4.74 Å². The number of rotatable bonds is 1. The van der Waals surface area contributed by atoms with E-state index >= 15 is 0 Å². The molecule has 0 fully saturated rings. The Bertz CT molecular complexity index is 582. The molecule has 0 saturated carbocycles. The molecule has 5 nitrogen and oxygen atoms in total. The zero-order valence-corrected chi connectivity index (χ0v) is 7.46. The van der Waals surface area contributed by atoms with Gasteiger partial charge in [-0.2, -0.15) is 0 Å². The summed E-state index contributed by atoms with van der Waals surface area (Å²) >= 11 is 0. The number of aromatic amines is 2. The highest BCUT2D eigenvalue weighted by Crippen LogP contribution is 2.18. The van der Waals surface area contributed by atoms with Gasteiger partial charge in [0.05, 0.1) is 12.6 Å². The summed E-state index contributed by atoms with van der Waals surface area (Å²) in [7, 11) is 1.47. The van der Waals surface area contributed by atoms with Gasteiger partial charge in [-0.05, 0) is 12.1 Å². The summed E-state index contributed by atoms with van der Waals surface area (Å²) in [5.41, 5.74) is -0.491. The number of nitrogens with one attached hydrogen (secondary N) is 2. The Kier molecular flexibility index (Phi) is 1.85. The van der Waals surface area contributed by atoms with E-state index in [0.717, 1.165) is 0 Å². The fourth-order valence-corrected chi connectivity index (χ4v) is 1.36. The first-order valence-corrected chi connectivity index (χ1v) is 4.01. The van der Waals surface area contributed by atoms with Gasteiger partial charge in [0.25, 0.3) is 5.56 Å². The number of hydrogen-bond donors (Lipinski definition) is 2. The number of fused-ring (bicyclic) bond motifs is 1. The lowest BCUT2D eigenvalue weighted by atomic mass is 10.2. The standard InChI is InChI=1S/C9H8N2O3/c1-14-6-4-2-3-5-7(6)8(12)11-9(13)10-5/h2-4H,1H3,(H2,10,11,12,13). The molecule has 0 aliphatic carbocycles. The fourth-order valence-electron chi connectivity index (χ4n) is 1.36. The summed E-state index contributed by atoms with van der Waals surface area (Å²) in [5.74, 6) is 0.444. The van der Waals surface area contributed by atoms with E-state index in [1.165, 1.54) is 7.11 Å². The summed E-state index contributed by atoms with van der Waals surface area (Å²) in [5, 5.41) is 0.356. The van der Waals surface area contributed by atoms with Crippen LogP contribution in [0.15, 0.2) is 27.8 Å². The van der Waals surface area contributed by atoms with Crippen LogP contribution in [0, 0.1) is 0 Å². The zero-order chi connectivity index (χ0) is 10.1. The molecule has 1 aromatic carbocycles. The highest BCUT2D eigenvalue weighted by molar-refractivity contribution is 5.83. The second-order valence-electron chi connectivity index (χ2n) is 2.79. The predicted molar refractivity (Wildman–Crippen MR) is 51.7 cm³/mol. The van der Waals surface area contributed by atoms with Crippen molar-refractivity contribution in [1.29, 1.82) is 0 Å². The molecule has 0 amide bonds. The van der Waals surface area contributed by atoms with Gasteiger partial charge in [-0.25, -0.2) is 4.79 Å². The lowest BCUT2D eigenvalue weighted by molar-refractivity contribution is 0.419. The van der Waals surface area contributed by atoms with Crippen molar-refractivity contribution in [1.82, 2.24) is 9.97 Å². The van der Waals surface area contributed by atoms with Crippen molar-refractivity contribution in [3.05, 3.63) is 39.0 Å². The van der Waals surface area contributed by atoms with E-state index in [9.17, 15) is 9.59 Å². The Balaban J connectivity index is 3.02. The van der Waals surface area contributed by atoms with Crippen LogP contribution in [-0.4, -0.2) is 17.1 Å². The van der Waals surface area contributed by atoms with Gasteiger partial charge in [-0.3, -0.25) is 9.78 Å². The van der Waals surface area contributed by atoms with Crippen LogP contribution >= 0.6 is 0 Å². The highest BCUT2D eigenvalue weighted by atomic mass is 16.5. The van der Waals surface area contributed by atoms with Crippen LogP contribution in [0.5, 0.6) is 5.75 Å². The normalized spacial score (nSPS) is 10.4. The molecule has 72 valence electrons. The van der Waals surface area contributed by atoms with Crippen molar-refractivity contribution in [3.63, 3.8) is 0 Å². The van der Waals surface area contributed by atoms with Crippen molar-refractivity contribution >= 4 is 10.9 Å². The van der Waals surface area contributed by atoms with Crippen molar-refractivity contribution in [2.45, 2.75) is 0 Å². The number of ether oxygens (including phenoxy) is 1. The van der Waals surface area contributed by atoms with Crippen LogP contribution in [-0.2, 0) is 0 Å². The van der Waals surface area contributed by atoms with Crippen LogP contribution in [0.1, 0.15) is 0 Å². The minimum atomic E-state index is -0.518. The average Bonchev–Trinajstić information content (AvgIpc) is 2.16. The molecule has 0 unspecified atom stereocenters.